The third-order valence-corrected chi connectivity index (χ3v) is 4.50. The molecule has 0 unspecified atom stereocenters. The highest BCUT2D eigenvalue weighted by Crippen LogP contribution is 2.32. The van der Waals surface area contributed by atoms with Gasteiger partial charge in [-0.25, -0.2) is 4.98 Å². The number of carbonyl (C=O) groups excluding carboxylic acids is 1. The van der Waals surface area contributed by atoms with Crippen LogP contribution in [0.4, 0.5) is 0 Å². The van der Waals surface area contributed by atoms with Gasteiger partial charge in [0, 0.05) is 11.9 Å². The number of amides is 1. The first kappa shape index (κ1) is 17.2. The van der Waals surface area contributed by atoms with Crippen LogP contribution in [0.25, 0.3) is 10.6 Å². The van der Waals surface area contributed by atoms with E-state index in [0.29, 0.717) is 18.8 Å². The molecule has 5 heteroatoms. The van der Waals surface area contributed by atoms with Gasteiger partial charge < -0.3 is 10.1 Å². The molecular formula is C20H20N2O2S. The van der Waals surface area contributed by atoms with Crippen LogP contribution in [-0.4, -0.2) is 17.4 Å². The summed E-state index contributed by atoms with van der Waals surface area (Å²) in [6.45, 7) is 3.17. The first-order chi connectivity index (χ1) is 12.3. The Bertz CT molecular complexity index is 830. The van der Waals surface area contributed by atoms with Crippen molar-refractivity contribution in [2.24, 2.45) is 0 Å². The molecule has 128 valence electrons. The SMILES string of the molecule is CCCNC(=O)c1csc(-c2ccccc2OCc2ccccc2)n1. The van der Waals surface area contributed by atoms with Crippen molar-refractivity contribution in [3.8, 4) is 16.3 Å². The number of ether oxygens (including phenoxy) is 1. The van der Waals surface area contributed by atoms with Crippen LogP contribution in [-0.2, 0) is 6.61 Å². The number of hydrogen-bond donors (Lipinski definition) is 1. The lowest BCUT2D eigenvalue weighted by atomic mass is 10.2. The van der Waals surface area contributed by atoms with Gasteiger partial charge in [-0.1, -0.05) is 49.4 Å². The van der Waals surface area contributed by atoms with E-state index in [2.05, 4.69) is 10.3 Å². The minimum atomic E-state index is -0.132. The van der Waals surface area contributed by atoms with E-state index in [4.69, 9.17) is 4.74 Å². The number of aromatic nitrogens is 1. The summed E-state index contributed by atoms with van der Waals surface area (Å²) < 4.78 is 5.98. The van der Waals surface area contributed by atoms with Crippen molar-refractivity contribution in [2.45, 2.75) is 20.0 Å². The molecule has 0 fully saturated rings. The zero-order valence-electron chi connectivity index (χ0n) is 14.1. The Labute approximate surface area is 151 Å². The van der Waals surface area contributed by atoms with Gasteiger partial charge in [0.1, 0.15) is 23.1 Å². The maximum Gasteiger partial charge on any atom is 0.270 e. The van der Waals surface area contributed by atoms with E-state index in [-0.39, 0.29) is 5.91 Å². The Hall–Kier alpha value is -2.66. The van der Waals surface area contributed by atoms with Crippen LogP contribution < -0.4 is 10.1 Å². The summed E-state index contributed by atoms with van der Waals surface area (Å²) in [4.78, 5) is 16.5. The summed E-state index contributed by atoms with van der Waals surface area (Å²) >= 11 is 1.45. The average Bonchev–Trinajstić information content (AvgIpc) is 3.15. The second-order valence-electron chi connectivity index (χ2n) is 5.56. The van der Waals surface area contributed by atoms with Crippen LogP contribution >= 0.6 is 11.3 Å². The van der Waals surface area contributed by atoms with Crippen LogP contribution in [0, 0.1) is 0 Å². The van der Waals surface area contributed by atoms with E-state index < -0.39 is 0 Å². The molecule has 3 rings (SSSR count). The van der Waals surface area contributed by atoms with E-state index in [1.165, 1.54) is 11.3 Å². The molecule has 1 amide bonds. The van der Waals surface area contributed by atoms with Gasteiger partial charge in [0.15, 0.2) is 0 Å². The lowest BCUT2D eigenvalue weighted by Gasteiger charge is -2.10. The summed E-state index contributed by atoms with van der Waals surface area (Å²) in [7, 11) is 0. The number of benzene rings is 2. The normalized spacial score (nSPS) is 10.4. The van der Waals surface area contributed by atoms with Crippen molar-refractivity contribution in [1.82, 2.24) is 10.3 Å². The fraction of sp³-hybridized carbons (Fsp3) is 0.200. The summed E-state index contributed by atoms with van der Waals surface area (Å²) in [6, 6.07) is 17.8. The van der Waals surface area contributed by atoms with E-state index >= 15 is 0 Å². The minimum absolute atomic E-state index is 0.132. The van der Waals surface area contributed by atoms with Crippen molar-refractivity contribution >= 4 is 17.2 Å². The molecule has 0 aliphatic carbocycles. The zero-order valence-corrected chi connectivity index (χ0v) is 14.9. The maximum atomic E-state index is 12.0. The smallest absolute Gasteiger partial charge is 0.270 e. The Morgan fingerprint density at radius 3 is 2.68 bits per heavy atom. The lowest BCUT2D eigenvalue weighted by Crippen LogP contribution is -2.24. The summed E-state index contributed by atoms with van der Waals surface area (Å²) in [5.74, 6) is 0.633. The predicted octanol–water partition coefficient (Wildman–Crippen LogP) is 4.53. The molecule has 0 atom stereocenters. The third-order valence-electron chi connectivity index (χ3n) is 3.63. The molecular weight excluding hydrogens is 332 g/mol. The molecule has 1 aromatic heterocycles. The molecule has 0 aliphatic rings. The highest BCUT2D eigenvalue weighted by atomic mass is 32.1. The molecule has 0 radical (unpaired) electrons. The molecule has 0 bridgehead atoms. The number of thiazole rings is 1. The number of nitrogens with one attached hydrogen (secondary N) is 1. The van der Waals surface area contributed by atoms with E-state index in [9.17, 15) is 4.79 Å². The van der Waals surface area contributed by atoms with E-state index in [0.717, 1.165) is 28.3 Å². The molecule has 0 aliphatic heterocycles. The van der Waals surface area contributed by atoms with Gasteiger partial charge in [0.2, 0.25) is 0 Å². The fourth-order valence-corrected chi connectivity index (χ4v) is 3.16. The van der Waals surface area contributed by atoms with Crippen molar-refractivity contribution in [3.63, 3.8) is 0 Å². The van der Waals surface area contributed by atoms with Gasteiger partial charge in [-0.05, 0) is 24.1 Å². The highest BCUT2D eigenvalue weighted by Gasteiger charge is 2.14. The molecule has 1 heterocycles. The van der Waals surface area contributed by atoms with Crippen LogP contribution in [0.3, 0.4) is 0 Å². The second kappa shape index (κ2) is 8.44. The zero-order chi connectivity index (χ0) is 17.5. The number of rotatable bonds is 7. The van der Waals surface area contributed by atoms with Crippen molar-refractivity contribution in [2.75, 3.05) is 6.54 Å². The molecule has 3 aromatic rings. The summed E-state index contributed by atoms with van der Waals surface area (Å²) in [5.41, 5.74) is 2.46. The second-order valence-corrected chi connectivity index (χ2v) is 6.42. The predicted molar refractivity (Wildman–Crippen MR) is 101 cm³/mol. The summed E-state index contributed by atoms with van der Waals surface area (Å²) in [6.07, 6.45) is 0.902. The number of hydrogen-bond acceptors (Lipinski definition) is 4. The maximum absolute atomic E-state index is 12.0. The van der Waals surface area contributed by atoms with Crippen LogP contribution in [0.2, 0.25) is 0 Å². The number of carbonyl (C=O) groups is 1. The highest BCUT2D eigenvalue weighted by molar-refractivity contribution is 7.13. The molecule has 0 saturated carbocycles. The fourth-order valence-electron chi connectivity index (χ4n) is 2.34. The van der Waals surface area contributed by atoms with E-state index in [1.54, 1.807) is 5.38 Å². The quantitative estimate of drug-likeness (QED) is 0.680. The Balaban J connectivity index is 1.76. The Morgan fingerprint density at radius 2 is 1.88 bits per heavy atom. The van der Waals surface area contributed by atoms with Crippen LogP contribution in [0.5, 0.6) is 5.75 Å². The van der Waals surface area contributed by atoms with Gasteiger partial charge in [0.05, 0.1) is 5.56 Å². The van der Waals surface area contributed by atoms with E-state index in [1.807, 2.05) is 61.5 Å². The lowest BCUT2D eigenvalue weighted by molar-refractivity contribution is 0.0949. The number of para-hydroxylation sites is 1. The standard InChI is InChI=1S/C20H20N2O2S/c1-2-12-21-19(23)17-14-25-20(22-17)16-10-6-7-11-18(16)24-13-15-8-4-3-5-9-15/h3-11,14H,2,12-13H2,1H3,(H,21,23). The first-order valence-corrected chi connectivity index (χ1v) is 9.15. The Kier molecular flexibility index (Phi) is 5.80. The molecule has 0 spiro atoms. The topological polar surface area (TPSA) is 51.2 Å². The van der Waals surface area contributed by atoms with Crippen molar-refractivity contribution < 1.29 is 9.53 Å². The van der Waals surface area contributed by atoms with Crippen molar-refractivity contribution in [3.05, 3.63) is 71.2 Å². The minimum Gasteiger partial charge on any atom is -0.488 e. The Morgan fingerprint density at radius 1 is 1.12 bits per heavy atom. The molecule has 2 aromatic carbocycles. The first-order valence-electron chi connectivity index (χ1n) is 8.27. The largest absolute Gasteiger partial charge is 0.488 e. The summed E-state index contributed by atoms with van der Waals surface area (Å²) in [5, 5.41) is 5.42. The van der Waals surface area contributed by atoms with Gasteiger partial charge in [-0.3, -0.25) is 4.79 Å². The van der Waals surface area contributed by atoms with Crippen LogP contribution in [0.1, 0.15) is 29.4 Å². The molecule has 0 saturated heterocycles. The van der Waals surface area contributed by atoms with Gasteiger partial charge >= 0.3 is 0 Å². The molecule has 4 nitrogen and oxygen atoms in total. The average molecular weight is 352 g/mol. The van der Waals surface area contributed by atoms with Gasteiger partial charge in [0.25, 0.3) is 5.91 Å². The van der Waals surface area contributed by atoms with Gasteiger partial charge in [-0.15, -0.1) is 11.3 Å². The monoisotopic (exact) mass is 352 g/mol. The van der Waals surface area contributed by atoms with Crippen molar-refractivity contribution in [1.29, 1.82) is 0 Å². The molecule has 25 heavy (non-hydrogen) atoms. The number of nitrogens with zero attached hydrogens (tertiary/aromatic N) is 1. The molecule has 1 N–H and O–H groups in total. The van der Waals surface area contributed by atoms with Crippen LogP contribution in [0.15, 0.2) is 60.0 Å². The third kappa shape index (κ3) is 4.45. The van der Waals surface area contributed by atoms with Gasteiger partial charge in [-0.2, -0.15) is 0 Å².